The number of rotatable bonds is 5. The molecule has 2 aliphatic rings. The summed E-state index contributed by atoms with van der Waals surface area (Å²) in [6, 6.07) is 11.9. The molecule has 0 radical (unpaired) electrons. The van der Waals surface area contributed by atoms with Crippen molar-refractivity contribution in [1.29, 1.82) is 0 Å². The number of nitro groups is 1. The Kier molecular flexibility index (Phi) is 6.59. The molecule has 0 N–H and O–H groups in total. The van der Waals surface area contributed by atoms with Gasteiger partial charge in [0.15, 0.2) is 5.17 Å². The number of nitro benzene ring substituents is 1. The molecule has 10 heteroatoms. The van der Waals surface area contributed by atoms with Crippen molar-refractivity contribution in [3.05, 3.63) is 79.7 Å². The summed E-state index contributed by atoms with van der Waals surface area (Å²) in [5.41, 5.74) is 1.45. The van der Waals surface area contributed by atoms with Crippen LogP contribution >= 0.6 is 35.1 Å². The van der Waals surface area contributed by atoms with Crippen LogP contribution in [0.15, 0.2) is 74.4 Å². The van der Waals surface area contributed by atoms with Crippen LogP contribution in [0.1, 0.15) is 13.8 Å². The molecule has 2 heterocycles. The minimum atomic E-state index is -0.463. The molecule has 32 heavy (non-hydrogen) atoms. The summed E-state index contributed by atoms with van der Waals surface area (Å²) in [5.74, 6) is -0.134. The van der Waals surface area contributed by atoms with Crippen molar-refractivity contribution < 1.29 is 9.72 Å². The highest BCUT2D eigenvalue weighted by Crippen LogP contribution is 2.47. The molecule has 0 spiro atoms. The number of halogens is 1. The molecule has 1 saturated heterocycles. The van der Waals surface area contributed by atoms with Crippen LogP contribution in [0.5, 0.6) is 0 Å². The molecular weight excluding hydrogens is 468 g/mol. The van der Waals surface area contributed by atoms with Crippen molar-refractivity contribution in [2.75, 3.05) is 18.0 Å². The Morgan fingerprint density at radius 3 is 2.59 bits per heavy atom. The van der Waals surface area contributed by atoms with Gasteiger partial charge in [0, 0.05) is 35.1 Å². The van der Waals surface area contributed by atoms with Gasteiger partial charge in [-0.1, -0.05) is 29.4 Å². The summed E-state index contributed by atoms with van der Waals surface area (Å²) in [6.45, 7) is 5.16. The second-order valence-corrected chi connectivity index (χ2v) is 9.32. The maximum absolute atomic E-state index is 12.9. The normalized spacial score (nSPS) is 19.5. The molecule has 1 fully saturated rings. The van der Waals surface area contributed by atoms with E-state index in [1.165, 1.54) is 23.9 Å². The molecular formula is C22H19ClN4O3S2. The molecule has 0 unspecified atom stereocenters. The van der Waals surface area contributed by atoms with E-state index < -0.39 is 4.92 Å². The van der Waals surface area contributed by atoms with Gasteiger partial charge in [-0.3, -0.25) is 19.8 Å². The van der Waals surface area contributed by atoms with Gasteiger partial charge in [-0.05, 0) is 62.0 Å². The third-order valence-corrected chi connectivity index (χ3v) is 7.25. The van der Waals surface area contributed by atoms with Gasteiger partial charge in [-0.15, -0.1) is 0 Å². The third-order valence-electron chi connectivity index (χ3n) is 4.86. The van der Waals surface area contributed by atoms with E-state index in [1.807, 2.05) is 37.3 Å². The number of benzene rings is 2. The van der Waals surface area contributed by atoms with E-state index >= 15 is 0 Å². The van der Waals surface area contributed by atoms with E-state index in [1.54, 1.807) is 28.8 Å². The number of anilines is 1. The van der Waals surface area contributed by atoms with Crippen molar-refractivity contribution in [2.45, 2.75) is 18.7 Å². The molecule has 164 valence electrons. The summed E-state index contributed by atoms with van der Waals surface area (Å²) in [4.78, 5) is 33.4. The highest BCUT2D eigenvalue weighted by molar-refractivity contribution is 8.18. The van der Waals surface area contributed by atoms with Crippen LogP contribution in [-0.2, 0) is 4.79 Å². The number of hydrogen-bond acceptors (Lipinski definition) is 7. The van der Waals surface area contributed by atoms with E-state index in [2.05, 4.69) is 16.8 Å². The van der Waals surface area contributed by atoms with Crippen molar-refractivity contribution in [3.63, 3.8) is 0 Å². The van der Waals surface area contributed by atoms with Crippen molar-refractivity contribution in [3.8, 4) is 0 Å². The van der Waals surface area contributed by atoms with Gasteiger partial charge in [0.1, 0.15) is 0 Å². The number of carbonyl (C=O) groups is 1. The largest absolute Gasteiger partial charge is 0.335 e. The van der Waals surface area contributed by atoms with Crippen molar-refractivity contribution in [1.82, 2.24) is 4.90 Å². The Morgan fingerprint density at radius 2 is 1.88 bits per heavy atom. The third kappa shape index (κ3) is 4.41. The molecule has 0 atom stereocenters. The molecule has 2 aromatic rings. The van der Waals surface area contributed by atoms with Crippen LogP contribution in [0.3, 0.4) is 0 Å². The molecule has 0 aliphatic carbocycles. The summed E-state index contributed by atoms with van der Waals surface area (Å²) in [6.07, 6.45) is 3.75. The van der Waals surface area contributed by atoms with Gasteiger partial charge in [-0.2, -0.15) is 0 Å². The van der Waals surface area contributed by atoms with Crippen molar-refractivity contribution >= 4 is 63.3 Å². The van der Waals surface area contributed by atoms with E-state index in [0.29, 0.717) is 27.3 Å². The molecule has 7 nitrogen and oxygen atoms in total. The van der Waals surface area contributed by atoms with Crippen LogP contribution in [0.4, 0.5) is 17.1 Å². The fraction of sp³-hybridized carbons (Fsp3) is 0.182. The fourth-order valence-corrected chi connectivity index (χ4v) is 5.62. The first kappa shape index (κ1) is 22.4. The van der Waals surface area contributed by atoms with Gasteiger partial charge in [0.05, 0.1) is 26.2 Å². The number of likely N-dealkylation sites (N-methyl/N-ethyl adjacent to an activating group) is 1. The number of nitrogens with zero attached hydrogens (tertiary/aromatic N) is 4. The number of carbonyl (C=O) groups excluding carboxylic acids is 1. The summed E-state index contributed by atoms with van der Waals surface area (Å²) in [5, 5.41) is 13.2. The monoisotopic (exact) mass is 486 g/mol. The first-order valence-electron chi connectivity index (χ1n) is 9.91. The number of fused-ring (bicyclic) bond motifs is 1. The average Bonchev–Trinajstić information content (AvgIpc) is 3.27. The Balaban J connectivity index is 1.62. The minimum absolute atomic E-state index is 0.0395. The lowest BCUT2D eigenvalue weighted by Gasteiger charge is -2.17. The molecule has 1 amide bonds. The summed E-state index contributed by atoms with van der Waals surface area (Å²) < 4.78 is 0. The zero-order valence-electron chi connectivity index (χ0n) is 17.3. The van der Waals surface area contributed by atoms with E-state index in [4.69, 9.17) is 11.6 Å². The van der Waals surface area contributed by atoms with E-state index in [9.17, 15) is 14.9 Å². The van der Waals surface area contributed by atoms with Crippen LogP contribution in [0.25, 0.3) is 0 Å². The van der Waals surface area contributed by atoms with Crippen molar-refractivity contribution in [2.24, 2.45) is 4.99 Å². The van der Waals surface area contributed by atoms with Gasteiger partial charge >= 0.3 is 0 Å². The van der Waals surface area contributed by atoms with Crippen LogP contribution in [-0.4, -0.2) is 34.0 Å². The Bertz CT molecular complexity index is 1200. The van der Waals surface area contributed by atoms with Gasteiger partial charge in [-0.25, -0.2) is 4.99 Å². The standard InChI is InChI=1S/C22H19ClN4O3S2/c1-3-25-17-12-14(23)8-9-18(17)31-20(25)11-10-19-21(28)26(4-2)22(32-19)24-15-6-5-7-16(13-15)27(29)30/h5-13H,3-4H2,1-2H3/b19-10+,20-11-,24-22?. The number of thioether (sulfide) groups is 2. The topological polar surface area (TPSA) is 79.0 Å². The highest BCUT2D eigenvalue weighted by atomic mass is 35.5. The van der Waals surface area contributed by atoms with Gasteiger partial charge < -0.3 is 4.90 Å². The molecule has 2 aliphatic heterocycles. The van der Waals surface area contributed by atoms with Gasteiger partial charge in [0.25, 0.3) is 11.6 Å². The van der Waals surface area contributed by atoms with E-state index in [0.717, 1.165) is 22.2 Å². The lowest BCUT2D eigenvalue weighted by Crippen LogP contribution is -2.28. The quantitative estimate of drug-likeness (QED) is 0.285. The average molecular weight is 487 g/mol. The summed E-state index contributed by atoms with van der Waals surface area (Å²) in [7, 11) is 0. The number of allylic oxidation sites excluding steroid dienone is 2. The lowest BCUT2D eigenvalue weighted by molar-refractivity contribution is -0.384. The van der Waals surface area contributed by atoms with Gasteiger partial charge in [0.2, 0.25) is 0 Å². The molecule has 0 bridgehead atoms. The SMILES string of the molecule is CCN1C(=O)/C(=C\C=C2/Sc3ccc(Cl)cc3N2CC)SC1=Nc1cccc([N+](=O)[O-])c1. The van der Waals surface area contributed by atoms with Crippen LogP contribution < -0.4 is 4.90 Å². The number of hydrogen-bond donors (Lipinski definition) is 0. The Hall–Kier alpha value is -2.75. The summed E-state index contributed by atoms with van der Waals surface area (Å²) >= 11 is 9.06. The predicted molar refractivity (Wildman–Crippen MR) is 132 cm³/mol. The lowest BCUT2D eigenvalue weighted by atomic mass is 10.3. The maximum Gasteiger partial charge on any atom is 0.271 e. The predicted octanol–water partition coefficient (Wildman–Crippen LogP) is 6.19. The fourth-order valence-electron chi connectivity index (χ4n) is 3.34. The molecule has 4 rings (SSSR count). The second kappa shape index (κ2) is 9.40. The Morgan fingerprint density at radius 1 is 1.09 bits per heavy atom. The maximum atomic E-state index is 12.9. The molecule has 2 aromatic carbocycles. The minimum Gasteiger partial charge on any atom is -0.335 e. The number of aliphatic imine (C=N–C) groups is 1. The highest BCUT2D eigenvalue weighted by Gasteiger charge is 2.32. The second-order valence-electron chi connectivity index (χ2n) is 6.82. The molecule has 0 aromatic heterocycles. The molecule has 0 saturated carbocycles. The Labute approximate surface area is 199 Å². The van der Waals surface area contributed by atoms with E-state index in [-0.39, 0.29) is 11.6 Å². The number of amides is 1. The first-order chi connectivity index (χ1) is 15.4. The number of non-ortho nitro benzene ring substituents is 1. The number of amidine groups is 1. The van der Waals surface area contributed by atoms with Crippen LogP contribution in [0, 0.1) is 10.1 Å². The smallest absolute Gasteiger partial charge is 0.271 e. The zero-order valence-corrected chi connectivity index (χ0v) is 19.7. The zero-order chi connectivity index (χ0) is 22.8. The first-order valence-corrected chi connectivity index (χ1v) is 11.9. The van der Waals surface area contributed by atoms with Crippen LogP contribution in [0.2, 0.25) is 5.02 Å².